The van der Waals surface area contributed by atoms with E-state index in [1.165, 1.54) is 19.3 Å². The van der Waals surface area contributed by atoms with Gasteiger partial charge in [-0.15, -0.1) is 0 Å². The molecule has 7 nitrogen and oxygen atoms in total. The van der Waals surface area contributed by atoms with Crippen molar-refractivity contribution in [2.45, 2.75) is 19.8 Å². The molecule has 0 aliphatic carbocycles. The lowest BCUT2D eigenvalue weighted by Gasteiger charge is -2.15. The molecule has 0 bridgehead atoms. The number of benzene rings is 4. The molecule has 0 saturated carbocycles. The van der Waals surface area contributed by atoms with E-state index in [-0.39, 0.29) is 11.5 Å². The molecular formula is C36H34O7. The number of esters is 1. The standard InChI is InChI=1S/C36H34O7/c1-23-6-7-25(18-34(23)41-4)8-14-30(37)22-31(38)15-9-26-10-17-33(35(19-26)42-5)43-36(39)24(2)27-11-12-29-21-32(40-3)16-13-28(29)20-27/h6-22,24,37H,1-5H3/b14-8+,15-9+,30-22-/t24-/m1/s1. The number of hydrogen-bond donors (Lipinski definition) is 1. The van der Waals surface area contributed by atoms with Crippen molar-refractivity contribution in [3.05, 3.63) is 119 Å². The first-order valence-electron chi connectivity index (χ1n) is 13.6. The zero-order chi connectivity index (χ0) is 30.9. The molecule has 0 saturated heterocycles. The van der Waals surface area contributed by atoms with Crippen molar-refractivity contribution in [1.82, 2.24) is 0 Å². The second kappa shape index (κ2) is 14.0. The van der Waals surface area contributed by atoms with Crippen molar-refractivity contribution in [1.29, 1.82) is 0 Å². The maximum Gasteiger partial charge on any atom is 0.318 e. The van der Waals surface area contributed by atoms with Gasteiger partial charge in [-0.3, -0.25) is 9.59 Å². The average molecular weight is 579 g/mol. The highest BCUT2D eigenvalue weighted by atomic mass is 16.6. The van der Waals surface area contributed by atoms with Crippen LogP contribution in [-0.4, -0.2) is 38.2 Å². The van der Waals surface area contributed by atoms with Crippen molar-refractivity contribution < 1.29 is 33.6 Å². The third-order valence-electron chi connectivity index (χ3n) is 6.93. The van der Waals surface area contributed by atoms with Gasteiger partial charge in [0, 0.05) is 6.08 Å². The number of carbonyl (C=O) groups is 2. The Bertz CT molecular complexity index is 1730. The number of ketones is 1. The van der Waals surface area contributed by atoms with E-state index < -0.39 is 17.7 Å². The third kappa shape index (κ3) is 7.92. The Balaban J connectivity index is 1.40. The summed E-state index contributed by atoms with van der Waals surface area (Å²) in [5.41, 5.74) is 3.30. The van der Waals surface area contributed by atoms with Crippen molar-refractivity contribution in [2.75, 3.05) is 21.3 Å². The third-order valence-corrected chi connectivity index (χ3v) is 6.93. The van der Waals surface area contributed by atoms with E-state index in [0.717, 1.165) is 45.0 Å². The largest absolute Gasteiger partial charge is 0.508 e. The van der Waals surface area contributed by atoms with E-state index in [4.69, 9.17) is 18.9 Å². The minimum absolute atomic E-state index is 0.186. The summed E-state index contributed by atoms with van der Waals surface area (Å²) in [7, 11) is 4.70. The number of hydrogen-bond acceptors (Lipinski definition) is 7. The zero-order valence-corrected chi connectivity index (χ0v) is 24.8. The fourth-order valence-electron chi connectivity index (χ4n) is 4.39. The molecule has 0 fully saturated rings. The van der Waals surface area contributed by atoms with Gasteiger partial charge in [-0.25, -0.2) is 0 Å². The zero-order valence-electron chi connectivity index (χ0n) is 24.8. The summed E-state index contributed by atoms with van der Waals surface area (Å²) in [5.74, 6) is 0.582. The summed E-state index contributed by atoms with van der Waals surface area (Å²) in [6.07, 6.45) is 7.17. The second-order valence-corrected chi connectivity index (χ2v) is 9.89. The highest BCUT2D eigenvalue weighted by Gasteiger charge is 2.20. The number of carbonyl (C=O) groups excluding carboxylic acids is 2. The summed E-state index contributed by atoms with van der Waals surface area (Å²) >= 11 is 0. The van der Waals surface area contributed by atoms with Crippen molar-refractivity contribution >= 4 is 34.7 Å². The highest BCUT2D eigenvalue weighted by Crippen LogP contribution is 2.31. The van der Waals surface area contributed by atoms with Crippen LogP contribution in [0.3, 0.4) is 0 Å². The maximum atomic E-state index is 13.0. The Labute approximate surface area is 251 Å². The SMILES string of the molecule is COc1ccc2cc([C@@H](C)C(=O)Oc3ccc(/C=C/C(=O)/C=C(O)/C=C/c4ccc(C)c(OC)c4)cc3OC)ccc2c1. The van der Waals surface area contributed by atoms with E-state index in [2.05, 4.69) is 0 Å². The minimum Gasteiger partial charge on any atom is -0.508 e. The monoisotopic (exact) mass is 578 g/mol. The number of ether oxygens (including phenoxy) is 4. The molecule has 0 heterocycles. The van der Waals surface area contributed by atoms with Crippen LogP contribution in [0.25, 0.3) is 22.9 Å². The van der Waals surface area contributed by atoms with Crippen LogP contribution >= 0.6 is 0 Å². The highest BCUT2D eigenvalue weighted by molar-refractivity contribution is 6.02. The van der Waals surface area contributed by atoms with E-state index in [1.807, 2.05) is 61.5 Å². The van der Waals surface area contributed by atoms with Crippen LogP contribution in [0.15, 0.2) is 96.8 Å². The Morgan fingerprint density at radius 2 is 1.37 bits per heavy atom. The first-order chi connectivity index (χ1) is 20.7. The topological polar surface area (TPSA) is 91.3 Å². The van der Waals surface area contributed by atoms with Gasteiger partial charge in [-0.1, -0.05) is 54.6 Å². The van der Waals surface area contributed by atoms with Crippen LogP contribution < -0.4 is 18.9 Å². The molecule has 1 atom stereocenters. The molecule has 4 rings (SSSR count). The van der Waals surface area contributed by atoms with Gasteiger partial charge in [0.25, 0.3) is 0 Å². The number of aliphatic hydroxyl groups is 1. The van der Waals surface area contributed by atoms with Gasteiger partial charge < -0.3 is 24.1 Å². The van der Waals surface area contributed by atoms with Crippen LogP contribution in [0.2, 0.25) is 0 Å². The second-order valence-electron chi connectivity index (χ2n) is 9.89. The summed E-state index contributed by atoms with van der Waals surface area (Å²) in [6.45, 7) is 3.73. The van der Waals surface area contributed by atoms with Gasteiger partial charge in [0.05, 0.1) is 27.2 Å². The smallest absolute Gasteiger partial charge is 0.318 e. The van der Waals surface area contributed by atoms with Crippen molar-refractivity contribution in [3.8, 4) is 23.0 Å². The number of methoxy groups -OCH3 is 3. The summed E-state index contributed by atoms with van der Waals surface area (Å²) in [6, 6.07) is 22.2. The van der Waals surface area contributed by atoms with Gasteiger partial charge in [0.15, 0.2) is 17.3 Å². The van der Waals surface area contributed by atoms with E-state index in [9.17, 15) is 14.7 Å². The van der Waals surface area contributed by atoms with Crippen LogP contribution in [0.4, 0.5) is 0 Å². The number of aryl methyl sites for hydroxylation is 1. The average Bonchev–Trinajstić information content (AvgIpc) is 3.02. The van der Waals surface area contributed by atoms with E-state index in [1.54, 1.807) is 51.5 Å². The summed E-state index contributed by atoms with van der Waals surface area (Å²) in [5, 5.41) is 12.2. The fourth-order valence-corrected chi connectivity index (χ4v) is 4.39. The summed E-state index contributed by atoms with van der Waals surface area (Å²) < 4.78 is 21.7. The van der Waals surface area contributed by atoms with Gasteiger partial charge in [0.2, 0.25) is 0 Å². The number of allylic oxidation sites excluding steroid dienone is 3. The van der Waals surface area contributed by atoms with Gasteiger partial charge >= 0.3 is 5.97 Å². The molecule has 0 aromatic heterocycles. The molecule has 4 aromatic carbocycles. The minimum atomic E-state index is -0.519. The van der Waals surface area contributed by atoms with E-state index >= 15 is 0 Å². The molecule has 0 unspecified atom stereocenters. The molecule has 0 aliphatic rings. The molecule has 0 aliphatic heterocycles. The number of rotatable bonds is 11. The normalized spacial score (nSPS) is 12.4. The molecule has 43 heavy (non-hydrogen) atoms. The Morgan fingerprint density at radius 1 is 0.721 bits per heavy atom. The molecule has 0 spiro atoms. The quantitative estimate of drug-likeness (QED) is 0.0644. The molecular weight excluding hydrogens is 544 g/mol. The van der Waals surface area contributed by atoms with Crippen molar-refractivity contribution in [3.63, 3.8) is 0 Å². The maximum absolute atomic E-state index is 13.0. The molecule has 0 amide bonds. The number of aliphatic hydroxyl groups excluding tert-OH is 1. The first kappa shape index (κ1) is 30.7. The predicted molar refractivity (Wildman–Crippen MR) is 169 cm³/mol. The summed E-state index contributed by atoms with van der Waals surface area (Å²) in [4.78, 5) is 25.4. The van der Waals surface area contributed by atoms with Crippen LogP contribution in [0, 0.1) is 6.92 Å². The molecule has 4 aromatic rings. The Morgan fingerprint density at radius 3 is 2.09 bits per heavy atom. The van der Waals surface area contributed by atoms with Crippen LogP contribution in [-0.2, 0) is 9.59 Å². The molecule has 1 N–H and O–H groups in total. The predicted octanol–water partition coefficient (Wildman–Crippen LogP) is 7.62. The molecule has 220 valence electrons. The lowest BCUT2D eigenvalue weighted by Crippen LogP contribution is -2.16. The number of fused-ring (bicyclic) bond motifs is 1. The van der Waals surface area contributed by atoms with Gasteiger partial charge in [0.1, 0.15) is 17.3 Å². The Kier molecular flexibility index (Phi) is 10.0. The molecule has 0 radical (unpaired) electrons. The lowest BCUT2D eigenvalue weighted by atomic mass is 9.98. The van der Waals surface area contributed by atoms with Gasteiger partial charge in [-0.05, 0) is 89.4 Å². The first-order valence-corrected chi connectivity index (χ1v) is 13.6. The van der Waals surface area contributed by atoms with Gasteiger partial charge in [-0.2, -0.15) is 0 Å². The van der Waals surface area contributed by atoms with Crippen LogP contribution in [0.1, 0.15) is 35.1 Å². The molecule has 7 heteroatoms. The lowest BCUT2D eigenvalue weighted by molar-refractivity contribution is -0.135. The van der Waals surface area contributed by atoms with Crippen LogP contribution in [0.5, 0.6) is 23.0 Å². The van der Waals surface area contributed by atoms with E-state index in [0.29, 0.717) is 11.3 Å². The Hall–Kier alpha value is -5.30. The fraction of sp³-hybridized carbons (Fsp3) is 0.167. The van der Waals surface area contributed by atoms with Crippen molar-refractivity contribution in [2.24, 2.45) is 0 Å².